The van der Waals surface area contributed by atoms with E-state index in [2.05, 4.69) is 32.9 Å². The number of amides is 1. The van der Waals surface area contributed by atoms with Gasteiger partial charge in [0.05, 0.1) is 0 Å². The van der Waals surface area contributed by atoms with Gasteiger partial charge in [-0.2, -0.15) is 0 Å². The van der Waals surface area contributed by atoms with E-state index in [1.807, 2.05) is 43.0 Å². The Balaban J connectivity index is 2.98. The molecule has 0 saturated carbocycles. The predicted octanol–water partition coefficient (Wildman–Crippen LogP) is 3.78. The van der Waals surface area contributed by atoms with Crippen LogP contribution in [0.25, 0.3) is 0 Å². The minimum Gasteiger partial charge on any atom is -0.330 e. The summed E-state index contributed by atoms with van der Waals surface area (Å²) in [6.07, 6.45) is 1.87. The second-order valence-corrected chi connectivity index (χ2v) is 5.52. The van der Waals surface area contributed by atoms with Crippen LogP contribution in [-0.4, -0.2) is 16.3 Å². The summed E-state index contributed by atoms with van der Waals surface area (Å²) >= 11 is 0. The molecule has 0 saturated heterocycles. The number of nitrogens with zero attached hydrogens (tertiary/aromatic N) is 1. The first-order chi connectivity index (χ1) is 8.36. The molecule has 0 bridgehead atoms. The van der Waals surface area contributed by atoms with Gasteiger partial charge in [-0.15, -0.1) is 0 Å². The third kappa shape index (κ3) is 3.73. The van der Waals surface area contributed by atoms with Crippen molar-refractivity contribution in [1.29, 1.82) is 0 Å². The number of carbonyl (C=O) groups excluding carboxylic acids is 1. The first-order valence-corrected chi connectivity index (χ1v) is 6.35. The summed E-state index contributed by atoms with van der Waals surface area (Å²) in [5.74, 6) is 0.105. The monoisotopic (exact) mass is 245 g/mol. The largest absolute Gasteiger partial charge is 0.330 e. The van der Waals surface area contributed by atoms with Crippen molar-refractivity contribution in [3.8, 4) is 0 Å². The van der Waals surface area contributed by atoms with Crippen LogP contribution in [-0.2, 0) is 11.3 Å². The summed E-state index contributed by atoms with van der Waals surface area (Å²) in [5.41, 5.74) is 1.77. The lowest BCUT2D eigenvalue weighted by molar-refractivity contribution is -0.132. The molecular weight excluding hydrogens is 222 g/mol. The van der Waals surface area contributed by atoms with Crippen molar-refractivity contribution in [2.24, 2.45) is 0 Å². The van der Waals surface area contributed by atoms with Crippen LogP contribution in [0.1, 0.15) is 40.2 Å². The van der Waals surface area contributed by atoms with Crippen LogP contribution < -0.4 is 0 Å². The molecule has 98 valence electrons. The maximum absolute atomic E-state index is 12.4. The zero-order chi connectivity index (χ0) is 13.8. The van der Waals surface area contributed by atoms with E-state index in [4.69, 9.17) is 0 Å². The topological polar surface area (TPSA) is 20.3 Å². The molecular formula is C16H23NO. The number of allylic oxidation sites excluding steroid dienone is 1. The zero-order valence-corrected chi connectivity index (χ0v) is 12.0. The molecule has 0 N–H and O–H groups in total. The molecule has 2 nitrogen and oxygen atoms in total. The highest BCUT2D eigenvalue weighted by molar-refractivity contribution is 5.93. The average Bonchev–Trinajstić information content (AvgIpc) is 2.34. The first kappa shape index (κ1) is 14.5. The number of hydrogen-bond donors (Lipinski definition) is 0. The van der Waals surface area contributed by atoms with E-state index in [1.54, 1.807) is 0 Å². The summed E-state index contributed by atoms with van der Waals surface area (Å²) < 4.78 is 0. The second kappa shape index (κ2) is 5.85. The molecule has 0 atom stereocenters. The van der Waals surface area contributed by atoms with Crippen molar-refractivity contribution in [2.45, 2.75) is 46.7 Å². The Morgan fingerprint density at radius 2 is 1.78 bits per heavy atom. The maximum atomic E-state index is 12.4. The Hall–Kier alpha value is -1.57. The highest BCUT2D eigenvalue weighted by atomic mass is 16.2. The number of benzene rings is 1. The van der Waals surface area contributed by atoms with Gasteiger partial charge in [0.15, 0.2) is 0 Å². The predicted molar refractivity (Wildman–Crippen MR) is 76.2 cm³/mol. The Bertz CT molecular complexity index is 426. The molecule has 0 aliphatic heterocycles. The SMILES string of the molecule is C/C=C(\C)C(=O)N(Cc1ccccc1)C(C)(C)C. The van der Waals surface area contributed by atoms with Crippen LogP contribution in [0.15, 0.2) is 42.0 Å². The fourth-order valence-corrected chi connectivity index (χ4v) is 1.72. The summed E-state index contributed by atoms with van der Waals surface area (Å²) in [6, 6.07) is 10.1. The van der Waals surface area contributed by atoms with Gasteiger partial charge in [0.25, 0.3) is 0 Å². The maximum Gasteiger partial charge on any atom is 0.249 e. The molecule has 0 aromatic heterocycles. The van der Waals surface area contributed by atoms with Crippen molar-refractivity contribution >= 4 is 5.91 Å². The molecule has 1 aromatic rings. The van der Waals surface area contributed by atoms with Gasteiger partial charge in [0.1, 0.15) is 0 Å². The Morgan fingerprint density at radius 1 is 1.22 bits per heavy atom. The standard InChI is InChI=1S/C16H23NO/c1-6-13(2)15(18)17(16(3,4)5)12-14-10-8-7-9-11-14/h6-11H,12H2,1-5H3/b13-6+. The summed E-state index contributed by atoms with van der Waals surface area (Å²) in [4.78, 5) is 14.3. The van der Waals surface area contributed by atoms with E-state index in [0.717, 1.165) is 11.1 Å². The molecule has 1 aromatic carbocycles. The van der Waals surface area contributed by atoms with Gasteiger partial charge in [-0.3, -0.25) is 4.79 Å². The van der Waals surface area contributed by atoms with Crippen LogP contribution in [0.2, 0.25) is 0 Å². The summed E-state index contributed by atoms with van der Waals surface area (Å²) in [6.45, 7) is 10.6. The third-order valence-corrected chi connectivity index (χ3v) is 3.01. The quantitative estimate of drug-likeness (QED) is 0.742. The number of rotatable bonds is 3. The number of carbonyl (C=O) groups is 1. The summed E-state index contributed by atoms with van der Waals surface area (Å²) in [5, 5.41) is 0. The Kier molecular flexibility index (Phi) is 4.71. The van der Waals surface area contributed by atoms with Gasteiger partial charge in [0.2, 0.25) is 5.91 Å². The van der Waals surface area contributed by atoms with Crippen molar-refractivity contribution in [1.82, 2.24) is 4.90 Å². The smallest absolute Gasteiger partial charge is 0.249 e. The van der Waals surface area contributed by atoms with Gasteiger partial charge in [-0.1, -0.05) is 36.4 Å². The molecule has 18 heavy (non-hydrogen) atoms. The average molecular weight is 245 g/mol. The fraction of sp³-hybridized carbons (Fsp3) is 0.438. The molecule has 0 unspecified atom stereocenters. The van der Waals surface area contributed by atoms with Crippen LogP contribution in [0.5, 0.6) is 0 Å². The lowest BCUT2D eigenvalue weighted by Gasteiger charge is -2.36. The molecule has 1 rings (SSSR count). The van der Waals surface area contributed by atoms with Crippen LogP contribution >= 0.6 is 0 Å². The van der Waals surface area contributed by atoms with E-state index >= 15 is 0 Å². The van der Waals surface area contributed by atoms with Crippen LogP contribution in [0.3, 0.4) is 0 Å². The van der Waals surface area contributed by atoms with Gasteiger partial charge in [-0.05, 0) is 40.2 Å². The van der Waals surface area contributed by atoms with Gasteiger partial charge in [-0.25, -0.2) is 0 Å². The van der Waals surface area contributed by atoms with Crippen molar-refractivity contribution in [2.75, 3.05) is 0 Å². The van der Waals surface area contributed by atoms with E-state index in [0.29, 0.717) is 6.54 Å². The van der Waals surface area contributed by atoms with Crippen LogP contribution in [0.4, 0.5) is 0 Å². The molecule has 0 fully saturated rings. The minimum atomic E-state index is -0.183. The summed E-state index contributed by atoms with van der Waals surface area (Å²) in [7, 11) is 0. The van der Waals surface area contributed by atoms with Crippen LogP contribution in [0, 0.1) is 0 Å². The minimum absolute atomic E-state index is 0.105. The van der Waals surface area contributed by atoms with Crippen molar-refractivity contribution in [3.63, 3.8) is 0 Å². The number of hydrogen-bond acceptors (Lipinski definition) is 1. The van der Waals surface area contributed by atoms with Gasteiger partial charge in [0, 0.05) is 17.7 Å². The van der Waals surface area contributed by atoms with E-state index in [1.165, 1.54) is 0 Å². The zero-order valence-electron chi connectivity index (χ0n) is 12.0. The lowest BCUT2D eigenvalue weighted by atomic mass is 10.0. The van der Waals surface area contributed by atoms with Gasteiger partial charge >= 0.3 is 0 Å². The van der Waals surface area contributed by atoms with E-state index < -0.39 is 0 Å². The molecule has 0 spiro atoms. The van der Waals surface area contributed by atoms with Gasteiger partial charge < -0.3 is 4.90 Å². The third-order valence-electron chi connectivity index (χ3n) is 3.01. The molecule has 0 aliphatic rings. The molecule has 0 aliphatic carbocycles. The molecule has 2 heteroatoms. The lowest BCUT2D eigenvalue weighted by Crippen LogP contribution is -2.45. The van der Waals surface area contributed by atoms with E-state index in [9.17, 15) is 4.79 Å². The molecule has 0 radical (unpaired) electrons. The first-order valence-electron chi connectivity index (χ1n) is 6.35. The van der Waals surface area contributed by atoms with E-state index in [-0.39, 0.29) is 11.4 Å². The molecule has 1 amide bonds. The Labute approximate surface area is 110 Å². The van der Waals surface area contributed by atoms with Crippen molar-refractivity contribution < 1.29 is 4.79 Å². The fourth-order valence-electron chi connectivity index (χ4n) is 1.72. The Morgan fingerprint density at radius 3 is 2.22 bits per heavy atom. The highest BCUT2D eigenvalue weighted by Gasteiger charge is 2.26. The second-order valence-electron chi connectivity index (χ2n) is 5.52. The molecule has 0 heterocycles. The van der Waals surface area contributed by atoms with Crippen molar-refractivity contribution in [3.05, 3.63) is 47.5 Å². The normalized spacial score (nSPS) is 12.4. The highest BCUT2D eigenvalue weighted by Crippen LogP contribution is 2.20.